The molecule has 2 aromatic carbocycles. The van der Waals surface area contributed by atoms with Gasteiger partial charge in [-0.3, -0.25) is 10.2 Å². The molecule has 4 rings (SSSR count). The van der Waals surface area contributed by atoms with E-state index >= 15 is 0 Å². The molecule has 176 valence electrons. The first-order valence-corrected chi connectivity index (χ1v) is 12.8. The van der Waals surface area contributed by atoms with E-state index in [1.54, 1.807) is 31.0 Å². The third-order valence-electron chi connectivity index (χ3n) is 5.09. The van der Waals surface area contributed by atoms with E-state index in [4.69, 9.17) is 14.9 Å². The number of benzene rings is 2. The fourth-order valence-corrected chi connectivity index (χ4v) is 5.07. The van der Waals surface area contributed by atoms with Crippen LogP contribution in [0, 0.1) is 12.3 Å². The Bertz CT molecular complexity index is 1190. The number of amidine groups is 2. The quantitative estimate of drug-likeness (QED) is 0.278. The van der Waals surface area contributed by atoms with Gasteiger partial charge in [-0.05, 0) is 67.4 Å². The van der Waals surface area contributed by atoms with Crippen molar-refractivity contribution in [2.75, 3.05) is 19.5 Å². The van der Waals surface area contributed by atoms with Crippen LogP contribution in [-0.2, 0) is 4.79 Å². The maximum absolute atomic E-state index is 12.6. The number of carbonyl (C=O) groups excluding carboxylic acids is 1. The second-order valence-electron chi connectivity index (χ2n) is 7.68. The van der Waals surface area contributed by atoms with Crippen molar-refractivity contribution in [2.24, 2.45) is 10.1 Å². The average molecular weight is 495 g/mol. The minimum atomic E-state index is -0.441. The fraction of sp³-hybridized carbons (Fsp3) is 0.280. The zero-order chi connectivity index (χ0) is 24.1. The molecule has 0 atom stereocenters. The van der Waals surface area contributed by atoms with Gasteiger partial charge in [0.25, 0.3) is 5.91 Å². The molecule has 2 heterocycles. The predicted molar refractivity (Wildman–Crippen MR) is 140 cm³/mol. The molecule has 0 saturated carbocycles. The van der Waals surface area contributed by atoms with Crippen molar-refractivity contribution in [1.29, 1.82) is 5.41 Å². The van der Waals surface area contributed by atoms with Crippen LogP contribution in [-0.4, -0.2) is 46.4 Å². The molecule has 0 radical (unpaired) electrons. The van der Waals surface area contributed by atoms with Gasteiger partial charge >= 0.3 is 0 Å². The lowest BCUT2D eigenvalue weighted by atomic mass is 10.1. The molecule has 0 bridgehead atoms. The van der Waals surface area contributed by atoms with Crippen molar-refractivity contribution in [3.05, 3.63) is 59.2 Å². The molecular formula is C25H26N4O3S2. The molecule has 0 fully saturated rings. The molecule has 9 heteroatoms. The van der Waals surface area contributed by atoms with Gasteiger partial charge in [0.1, 0.15) is 5.04 Å². The molecule has 0 aromatic heterocycles. The summed E-state index contributed by atoms with van der Waals surface area (Å²) < 4.78 is 11.4. The molecule has 34 heavy (non-hydrogen) atoms. The molecular weight excluding hydrogens is 468 g/mol. The lowest BCUT2D eigenvalue weighted by Gasteiger charge is -2.20. The van der Waals surface area contributed by atoms with Crippen LogP contribution in [0.1, 0.15) is 30.9 Å². The first-order valence-electron chi connectivity index (χ1n) is 11.0. The molecule has 0 aliphatic carbocycles. The summed E-state index contributed by atoms with van der Waals surface area (Å²) in [4.78, 5) is 17.9. The monoisotopic (exact) mass is 494 g/mol. The molecule has 0 unspecified atom stereocenters. The minimum Gasteiger partial charge on any atom is -0.493 e. The second kappa shape index (κ2) is 10.9. The second-order valence-corrected chi connectivity index (χ2v) is 9.89. The van der Waals surface area contributed by atoms with E-state index in [1.165, 1.54) is 27.2 Å². The molecule has 2 aliphatic rings. The molecule has 2 aliphatic heterocycles. The van der Waals surface area contributed by atoms with Crippen LogP contribution < -0.4 is 9.47 Å². The van der Waals surface area contributed by atoms with Gasteiger partial charge in [0.15, 0.2) is 17.3 Å². The summed E-state index contributed by atoms with van der Waals surface area (Å²) in [7, 11) is 1.58. The van der Waals surface area contributed by atoms with E-state index in [-0.39, 0.29) is 11.4 Å². The van der Waals surface area contributed by atoms with Gasteiger partial charge in [-0.2, -0.15) is 15.1 Å². The number of nitrogens with one attached hydrogen (secondary N) is 1. The van der Waals surface area contributed by atoms with E-state index in [0.29, 0.717) is 23.3 Å². The largest absolute Gasteiger partial charge is 0.493 e. The summed E-state index contributed by atoms with van der Waals surface area (Å²) >= 11 is 3.08. The summed E-state index contributed by atoms with van der Waals surface area (Å²) in [5, 5.41) is 15.7. The third kappa shape index (κ3) is 5.53. The molecule has 7 nitrogen and oxygen atoms in total. The molecule has 1 amide bonds. The van der Waals surface area contributed by atoms with Gasteiger partial charge in [-0.1, -0.05) is 30.7 Å². The number of nitrogens with zero attached hydrogens (tertiary/aromatic N) is 3. The molecule has 0 saturated heterocycles. The van der Waals surface area contributed by atoms with E-state index in [0.717, 1.165) is 29.2 Å². The van der Waals surface area contributed by atoms with Crippen molar-refractivity contribution in [1.82, 2.24) is 5.01 Å². The number of hydrazone groups is 1. The Labute approximate surface area is 207 Å². The number of methoxy groups -OCH3 is 1. The maximum atomic E-state index is 12.6. The number of thioether (sulfide) groups is 2. The number of carbonyl (C=O) groups is 1. The van der Waals surface area contributed by atoms with Crippen molar-refractivity contribution in [2.45, 2.75) is 31.6 Å². The Morgan fingerprint density at radius 2 is 1.97 bits per heavy atom. The van der Waals surface area contributed by atoms with Crippen molar-refractivity contribution < 1.29 is 14.3 Å². The highest BCUT2D eigenvalue weighted by Gasteiger charge is 2.35. The minimum absolute atomic E-state index is 0.0287. The number of amides is 1. The molecule has 0 spiro atoms. The average Bonchev–Trinajstić information content (AvgIpc) is 3.24. The van der Waals surface area contributed by atoms with Crippen LogP contribution in [0.5, 0.6) is 11.5 Å². The van der Waals surface area contributed by atoms with E-state index < -0.39 is 5.91 Å². The Balaban J connectivity index is 1.43. The van der Waals surface area contributed by atoms with Crippen molar-refractivity contribution in [3.63, 3.8) is 0 Å². The number of hydrogen-bond donors (Lipinski definition) is 1. The van der Waals surface area contributed by atoms with Gasteiger partial charge in [0.2, 0.25) is 5.17 Å². The smallest absolute Gasteiger partial charge is 0.283 e. The first kappa shape index (κ1) is 24.1. The SMILES string of the molecule is CCCC1=NN2C(=N)/C(=C\c3ccc(OCCSc4ccc(C)cc4)c(OC)c3)C(=O)N=C2S1. The van der Waals surface area contributed by atoms with E-state index in [9.17, 15) is 4.79 Å². The summed E-state index contributed by atoms with van der Waals surface area (Å²) in [5.41, 5.74) is 2.15. The third-order valence-corrected chi connectivity index (χ3v) is 7.03. The Kier molecular flexibility index (Phi) is 7.74. The normalized spacial score (nSPS) is 16.4. The fourth-order valence-electron chi connectivity index (χ4n) is 3.35. The zero-order valence-electron chi connectivity index (χ0n) is 19.3. The number of fused-ring (bicyclic) bond motifs is 1. The van der Waals surface area contributed by atoms with Crippen LogP contribution in [0.25, 0.3) is 6.08 Å². The highest BCUT2D eigenvalue weighted by atomic mass is 32.2. The summed E-state index contributed by atoms with van der Waals surface area (Å²) in [5.74, 6) is 1.58. The van der Waals surface area contributed by atoms with Crippen molar-refractivity contribution in [3.8, 4) is 11.5 Å². The van der Waals surface area contributed by atoms with Gasteiger partial charge in [0, 0.05) is 10.6 Å². The zero-order valence-corrected chi connectivity index (χ0v) is 21.0. The number of aliphatic imine (C=N–C) groups is 1. The predicted octanol–water partition coefficient (Wildman–Crippen LogP) is 5.59. The summed E-state index contributed by atoms with van der Waals surface area (Å²) in [6.07, 6.45) is 3.38. The van der Waals surface area contributed by atoms with E-state index in [2.05, 4.69) is 48.2 Å². The Morgan fingerprint density at radius 3 is 2.71 bits per heavy atom. The van der Waals surface area contributed by atoms with Gasteiger partial charge in [-0.15, -0.1) is 11.8 Å². The number of hydrogen-bond acceptors (Lipinski definition) is 7. The standard InChI is InChI=1S/C25H26N4O3S2/c1-4-5-22-28-29-23(26)19(24(30)27-25(29)34-22)14-17-8-11-20(21(15-17)31-3)32-12-13-33-18-9-6-16(2)7-10-18/h6-11,14-15,26H,4-5,12-13H2,1-3H3/b19-14+,26-23?. The topological polar surface area (TPSA) is 87.3 Å². The molecule has 1 N–H and O–H groups in total. The van der Waals surface area contributed by atoms with Crippen LogP contribution in [0.3, 0.4) is 0 Å². The van der Waals surface area contributed by atoms with Crippen LogP contribution in [0.4, 0.5) is 0 Å². The Morgan fingerprint density at radius 1 is 1.18 bits per heavy atom. The van der Waals surface area contributed by atoms with E-state index in [1.807, 2.05) is 12.1 Å². The lowest BCUT2D eigenvalue weighted by molar-refractivity contribution is -0.114. The van der Waals surface area contributed by atoms with Crippen molar-refractivity contribution >= 4 is 51.6 Å². The highest BCUT2D eigenvalue weighted by molar-refractivity contribution is 8.26. The molecule has 2 aromatic rings. The van der Waals surface area contributed by atoms with Crippen LogP contribution in [0.2, 0.25) is 0 Å². The summed E-state index contributed by atoms with van der Waals surface area (Å²) in [6.45, 7) is 4.66. The van der Waals surface area contributed by atoms with Gasteiger partial charge < -0.3 is 9.47 Å². The number of aryl methyl sites for hydroxylation is 1. The first-order chi connectivity index (χ1) is 16.5. The van der Waals surface area contributed by atoms with Gasteiger partial charge in [-0.25, -0.2) is 0 Å². The Hall–Kier alpha value is -3.04. The maximum Gasteiger partial charge on any atom is 0.283 e. The highest BCUT2D eigenvalue weighted by Crippen LogP contribution is 2.32. The summed E-state index contributed by atoms with van der Waals surface area (Å²) in [6, 6.07) is 13.9. The number of ether oxygens (including phenoxy) is 2. The van der Waals surface area contributed by atoms with Crippen LogP contribution in [0.15, 0.2) is 63.0 Å². The number of rotatable bonds is 9. The van der Waals surface area contributed by atoms with Gasteiger partial charge in [0.05, 0.1) is 19.3 Å². The lowest BCUT2D eigenvalue weighted by Crippen LogP contribution is -2.35. The van der Waals surface area contributed by atoms with Crippen LogP contribution >= 0.6 is 23.5 Å².